The number of carbonyl (C=O) groups excluding carboxylic acids is 3. The normalized spacial score (nSPS) is 17.2. The molecule has 2 aliphatic rings. The zero-order chi connectivity index (χ0) is 19.2. The molecule has 146 valence electrons. The number of hydrogen-bond acceptors (Lipinski definition) is 4. The fourth-order valence-corrected chi connectivity index (χ4v) is 3.60. The van der Waals surface area contributed by atoms with Gasteiger partial charge in [0.1, 0.15) is 0 Å². The standard InChI is InChI=1S/C21H28N2O4/c1-2-23(18-6-4-3-5-7-18)19(24)14-27-21(26)16-10-12-17(13-11-16)22-20(25)15-8-9-15/h10-13,15,18H,2-9,14H2,1H3,(H,22,25). The van der Waals surface area contributed by atoms with Crippen molar-refractivity contribution in [2.24, 2.45) is 5.92 Å². The van der Waals surface area contributed by atoms with Crippen molar-refractivity contribution in [2.75, 3.05) is 18.5 Å². The Labute approximate surface area is 160 Å². The number of amides is 2. The Hall–Kier alpha value is -2.37. The molecule has 3 rings (SSSR count). The average molecular weight is 372 g/mol. The van der Waals surface area contributed by atoms with E-state index in [2.05, 4.69) is 5.32 Å². The summed E-state index contributed by atoms with van der Waals surface area (Å²) in [5, 5.41) is 2.83. The Morgan fingerprint density at radius 2 is 1.70 bits per heavy atom. The van der Waals surface area contributed by atoms with Crippen LogP contribution in [0.4, 0.5) is 5.69 Å². The molecule has 0 atom stereocenters. The minimum atomic E-state index is -0.525. The Kier molecular flexibility index (Phi) is 6.48. The van der Waals surface area contributed by atoms with Gasteiger partial charge in [-0.25, -0.2) is 4.79 Å². The summed E-state index contributed by atoms with van der Waals surface area (Å²) in [6.07, 6.45) is 7.48. The molecule has 0 aromatic heterocycles. The first kappa shape index (κ1) is 19.4. The van der Waals surface area contributed by atoms with Crippen LogP contribution in [-0.4, -0.2) is 41.9 Å². The molecule has 0 radical (unpaired) electrons. The Balaban J connectivity index is 1.48. The van der Waals surface area contributed by atoms with E-state index >= 15 is 0 Å². The Morgan fingerprint density at radius 1 is 1.04 bits per heavy atom. The van der Waals surface area contributed by atoms with Crippen LogP contribution in [0.25, 0.3) is 0 Å². The number of nitrogens with zero attached hydrogens (tertiary/aromatic N) is 1. The molecule has 2 amide bonds. The molecule has 0 bridgehead atoms. The van der Waals surface area contributed by atoms with Crippen LogP contribution in [0, 0.1) is 5.92 Å². The average Bonchev–Trinajstić information content (AvgIpc) is 3.53. The first-order valence-electron chi connectivity index (χ1n) is 9.96. The lowest BCUT2D eigenvalue weighted by atomic mass is 9.94. The van der Waals surface area contributed by atoms with Crippen molar-refractivity contribution in [3.8, 4) is 0 Å². The minimum absolute atomic E-state index is 0.0262. The van der Waals surface area contributed by atoms with Crippen molar-refractivity contribution in [1.29, 1.82) is 0 Å². The van der Waals surface area contributed by atoms with Crippen LogP contribution in [0.15, 0.2) is 24.3 Å². The van der Waals surface area contributed by atoms with Gasteiger partial charge in [-0.15, -0.1) is 0 Å². The van der Waals surface area contributed by atoms with E-state index in [9.17, 15) is 14.4 Å². The van der Waals surface area contributed by atoms with Gasteiger partial charge < -0.3 is 15.0 Å². The molecule has 0 spiro atoms. The summed E-state index contributed by atoms with van der Waals surface area (Å²) in [6.45, 7) is 2.36. The highest BCUT2D eigenvalue weighted by Crippen LogP contribution is 2.30. The zero-order valence-electron chi connectivity index (χ0n) is 15.9. The lowest BCUT2D eigenvalue weighted by molar-refractivity contribution is -0.137. The summed E-state index contributed by atoms with van der Waals surface area (Å²) in [5.74, 6) is -0.501. The number of carbonyl (C=O) groups is 3. The van der Waals surface area contributed by atoms with Crippen LogP contribution < -0.4 is 5.32 Å². The molecule has 0 heterocycles. The van der Waals surface area contributed by atoms with Crippen molar-refractivity contribution < 1.29 is 19.1 Å². The summed E-state index contributed by atoms with van der Waals surface area (Å²) in [5.41, 5.74) is 1.03. The van der Waals surface area contributed by atoms with E-state index in [-0.39, 0.29) is 30.4 Å². The summed E-state index contributed by atoms with van der Waals surface area (Å²) in [4.78, 5) is 38.2. The number of ether oxygens (including phenoxy) is 1. The fourth-order valence-electron chi connectivity index (χ4n) is 3.60. The summed E-state index contributed by atoms with van der Waals surface area (Å²) in [6, 6.07) is 6.84. The number of hydrogen-bond donors (Lipinski definition) is 1. The molecule has 6 heteroatoms. The van der Waals surface area contributed by atoms with Gasteiger partial charge in [-0.2, -0.15) is 0 Å². The van der Waals surface area contributed by atoms with Gasteiger partial charge in [0.05, 0.1) is 5.56 Å². The van der Waals surface area contributed by atoms with E-state index < -0.39 is 5.97 Å². The van der Waals surface area contributed by atoms with Gasteiger partial charge in [0.15, 0.2) is 6.61 Å². The van der Waals surface area contributed by atoms with E-state index in [1.165, 1.54) is 6.42 Å². The summed E-state index contributed by atoms with van der Waals surface area (Å²) >= 11 is 0. The number of benzene rings is 1. The lowest BCUT2D eigenvalue weighted by Crippen LogP contribution is -2.43. The molecule has 0 saturated heterocycles. The maximum Gasteiger partial charge on any atom is 0.338 e. The second kappa shape index (κ2) is 9.02. The summed E-state index contributed by atoms with van der Waals surface area (Å²) in [7, 11) is 0. The highest BCUT2D eigenvalue weighted by atomic mass is 16.5. The van der Waals surface area contributed by atoms with E-state index in [1.54, 1.807) is 24.3 Å². The second-order valence-corrected chi connectivity index (χ2v) is 7.39. The quantitative estimate of drug-likeness (QED) is 0.745. The minimum Gasteiger partial charge on any atom is -0.452 e. The lowest BCUT2D eigenvalue weighted by Gasteiger charge is -2.33. The van der Waals surface area contributed by atoms with Crippen LogP contribution >= 0.6 is 0 Å². The van der Waals surface area contributed by atoms with Gasteiger partial charge in [0, 0.05) is 24.2 Å². The van der Waals surface area contributed by atoms with Crippen LogP contribution in [0.3, 0.4) is 0 Å². The van der Waals surface area contributed by atoms with Gasteiger partial charge >= 0.3 is 5.97 Å². The smallest absolute Gasteiger partial charge is 0.338 e. The predicted octanol–water partition coefficient (Wildman–Crippen LogP) is 3.37. The second-order valence-electron chi connectivity index (χ2n) is 7.39. The third kappa shape index (κ3) is 5.31. The molecule has 1 N–H and O–H groups in total. The molecule has 2 fully saturated rings. The van der Waals surface area contributed by atoms with Gasteiger partial charge in [-0.3, -0.25) is 9.59 Å². The fraction of sp³-hybridized carbons (Fsp3) is 0.571. The van der Waals surface area contributed by atoms with Crippen molar-refractivity contribution in [1.82, 2.24) is 4.90 Å². The first-order chi connectivity index (χ1) is 13.1. The third-order valence-electron chi connectivity index (χ3n) is 5.34. The monoisotopic (exact) mass is 372 g/mol. The van der Waals surface area contributed by atoms with Gasteiger partial charge in [0.2, 0.25) is 5.91 Å². The maximum absolute atomic E-state index is 12.5. The molecule has 6 nitrogen and oxygen atoms in total. The Bertz CT molecular complexity index is 676. The van der Waals surface area contributed by atoms with Crippen LogP contribution in [-0.2, 0) is 14.3 Å². The molecule has 1 aromatic rings. The molecular weight excluding hydrogens is 344 g/mol. The molecule has 0 aliphatic heterocycles. The molecule has 2 aliphatic carbocycles. The van der Waals surface area contributed by atoms with Crippen molar-refractivity contribution in [2.45, 2.75) is 57.9 Å². The largest absolute Gasteiger partial charge is 0.452 e. The highest BCUT2D eigenvalue weighted by molar-refractivity contribution is 5.95. The third-order valence-corrected chi connectivity index (χ3v) is 5.34. The molecule has 2 saturated carbocycles. The maximum atomic E-state index is 12.5. The van der Waals surface area contributed by atoms with E-state index in [0.717, 1.165) is 38.5 Å². The molecular formula is C21H28N2O4. The number of esters is 1. The Morgan fingerprint density at radius 3 is 2.30 bits per heavy atom. The van der Waals surface area contributed by atoms with Crippen LogP contribution in [0.5, 0.6) is 0 Å². The van der Waals surface area contributed by atoms with Crippen molar-refractivity contribution in [3.05, 3.63) is 29.8 Å². The highest BCUT2D eigenvalue weighted by Gasteiger charge is 2.29. The first-order valence-corrected chi connectivity index (χ1v) is 9.96. The van der Waals surface area contributed by atoms with Gasteiger partial charge in [-0.05, 0) is 56.9 Å². The number of anilines is 1. The van der Waals surface area contributed by atoms with E-state index in [4.69, 9.17) is 4.74 Å². The van der Waals surface area contributed by atoms with E-state index in [1.807, 2.05) is 11.8 Å². The zero-order valence-corrected chi connectivity index (χ0v) is 15.9. The SMILES string of the molecule is CCN(C(=O)COC(=O)c1ccc(NC(=O)C2CC2)cc1)C1CCCCC1. The topological polar surface area (TPSA) is 75.7 Å². The summed E-state index contributed by atoms with van der Waals surface area (Å²) < 4.78 is 5.22. The molecule has 27 heavy (non-hydrogen) atoms. The van der Waals surface area contributed by atoms with Crippen LogP contribution in [0.2, 0.25) is 0 Å². The number of nitrogens with one attached hydrogen (secondary N) is 1. The van der Waals surface area contributed by atoms with E-state index in [0.29, 0.717) is 17.8 Å². The van der Waals surface area contributed by atoms with Crippen molar-refractivity contribution >= 4 is 23.5 Å². The predicted molar refractivity (Wildman–Crippen MR) is 102 cm³/mol. The van der Waals surface area contributed by atoms with Crippen LogP contribution in [0.1, 0.15) is 62.2 Å². The number of likely N-dealkylation sites (N-methyl/N-ethyl adjacent to an activating group) is 1. The molecule has 1 aromatic carbocycles. The number of rotatable bonds is 7. The van der Waals surface area contributed by atoms with Crippen molar-refractivity contribution in [3.63, 3.8) is 0 Å². The van der Waals surface area contributed by atoms with Gasteiger partial charge in [0.25, 0.3) is 5.91 Å². The molecule has 0 unspecified atom stereocenters. The van der Waals surface area contributed by atoms with Gasteiger partial charge in [-0.1, -0.05) is 19.3 Å².